The topological polar surface area (TPSA) is 44.2 Å². The van der Waals surface area contributed by atoms with E-state index in [0.717, 1.165) is 36.4 Å². The van der Waals surface area contributed by atoms with Crippen molar-refractivity contribution in [3.05, 3.63) is 58.2 Å². The zero-order chi connectivity index (χ0) is 25.7. The van der Waals surface area contributed by atoms with Crippen molar-refractivity contribution in [2.75, 3.05) is 13.2 Å². The largest absolute Gasteiger partial charge is 0.353 e. The van der Waals surface area contributed by atoms with Gasteiger partial charge in [0.1, 0.15) is 5.82 Å². The number of aromatic nitrogens is 2. The second kappa shape index (κ2) is 16.0. The molecule has 1 aliphatic heterocycles. The lowest BCUT2D eigenvalue weighted by atomic mass is 9.84. The van der Waals surface area contributed by atoms with Crippen molar-refractivity contribution < 1.29 is 9.47 Å². The molecule has 0 radical (unpaired) electrons. The van der Waals surface area contributed by atoms with E-state index in [-0.39, 0.29) is 6.29 Å². The van der Waals surface area contributed by atoms with E-state index in [9.17, 15) is 0 Å². The molecular weight excluding hydrogens is 420 g/mol. The third kappa shape index (κ3) is 13.2. The second-order valence-corrected chi connectivity index (χ2v) is 10.5. The van der Waals surface area contributed by atoms with Gasteiger partial charge in [-0.1, -0.05) is 64.2 Å². The summed E-state index contributed by atoms with van der Waals surface area (Å²) in [7, 11) is 0. The lowest BCUT2D eigenvalue weighted by Gasteiger charge is -2.24. The molecule has 0 unspecified atom stereocenters. The van der Waals surface area contributed by atoms with E-state index >= 15 is 0 Å². The number of hydrogen-bond donors (Lipinski definition) is 0. The third-order valence-corrected chi connectivity index (χ3v) is 6.52. The first kappa shape index (κ1) is 30.3. The number of rotatable bonds is 0. The van der Waals surface area contributed by atoms with E-state index in [1.165, 1.54) is 47.9 Å². The molecule has 0 atom stereocenters. The Kier molecular flexibility index (Phi) is 14.2. The number of nitrogens with zero attached hydrogens (tertiary/aromatic N) is 2. The van der Waals surface area contributed by atoms with E-state index in [1.54, 1.807) is 0 Å². The van der Waals surface area contributed by atoms with Gasteiger partial charge in [-0.3, -0.25) is 0 Å². The highest BCUT2D eigenvalue weighted by Crippen LogP contribution is 2.27. The highest BCUT2D eigenvalue weighted by molar-refractivity contribution is 5.36. The predicted molar refractivity (Wildman–Crippen MR) is 144 cm³/mol. The molecule has 2 aliphatic rings. The molecule has 1 aliphatic carbocycles. The minimum atomic E-state index is 0.0196. The van der Waals surface area contributed by atoms with Gasteiger partial charge >= 0.3 is 0 Å². The van der Waals surface area contributed by atoms with Gasteiger partial charge in [0.15, 0.2) is 6.29 Å². The van der Waals surface area contributed by atoms with Crippen LogP contribution in [0.4, 0.5) is 0 Å². The van der Waals surface area contributed by atoms with Gasteiger partial charge in [0.25, 0.3) is 0 Å². The average Bonchev–Trinajstić information content (AvgIpc) is 2.79. The van der Waals surface area contributed by atoms with Crippen LogP contribution >= 0.6 is 0 Å². The first-order valence-corrected chi connectivity index (χ1v) is 13.0. The fraction of sp³-hybridized carbons (Fsp3) is 0.667. The smallest absolute Gasteiger partial charge is 0.154 e. The Balaban J connectivity index is 0.000000228. The molecule has 2 fully saturated rings. The fourth-order valence-electron chi connectivity index (χ4n) is 3.83. The lowest BCUT2D eigenvalue weighted by molar-refractivity contribution is -0.187. The molecule has 0 bridgehead atoms. The summed E-state index contributed by atoms with van der Waals surface area (Å²) in [5.41, 5.74) is 6.69. The average molecular weight is 471 g/mol. The summed E-state index contributed by atoms with van der Waals surface area (Å²) >= 11 is 0. The summed E-state index contributed by atoms with van der Waals surface area (Å²) in [4.78, 5) is 7.94. The van der Waals surface area contributed by atoms with Crippen LogP contribution in [0, 0.1) is 59.3 Å². The quantitative estimate of drug-likeness (QED) is 0.393. The molecule has 1 aromatic heterocycles. The van der Waals surface area contributed by atoms with Crippen LogP contribution in [0.2, 0.25) is 0 Å². The molecule has 2 heterocycles. The van der Waals surface area contributed by atoms with Crippen LogP contribution in [0.3, 0.4) is 0 Å². The summed E-state index contributed by atoms with van der Waals surface area (Å²) in [6.45, 7) is 22.9. The van der Waals surface area contributed by atoms with Crippen molar-refractivity contribution in [2.24, 2.45) is 17.8 Å². The van der Waals surface area contributed by atoms with Crippen LogP contribution in [0.5, 0.6) is 0 Å². The van der Waals surface area contributed by atoms with Crippen LogP contribution in [-0.4, -0.2) is 29.5 Å². The molecule has 1 aromatic carbocycles. The summed E-state index contributed by atoms with van der Waals surface area (Å²) in [6, 6.07) is 4.45. The van der Waals surface area contributed by atoms with Gasteiger partial charge in [-0.2, -0.15) is 0 Å². The summed E-state index contributed by atoms with van der Waals surface area (Å²) in [5.74, 6) is 3.44. The standard InChI is InChI=1S/C10H14.C8H16.C6H8N2.C6H12O2/c1-7-5-8(2)10(4)9(3)6-7;1-7-3-5-8(2)6-4-7;2*1-5-3-7-6(2)8-4-5/h5-6H,1-4H3;7-8H,3-6H2,1-2H3;3-4H,1-2H3;5-6H,3-4H2,1-2H3. The van der Waals surface area contributed by atoms with Crippen LogP contribution in [0.25, 0.3) is 0 Å². The van der Waals surface area contributed by atoms with E-state index in [0.29, 0.717) is 5.92 Å². The van der Waals surface area contributed by atoms with Crippen molar-refractivity contribution in [1.82, 2.24) is 9.97 Å². The van der Waals surface area contributed by atoms with Gasteiger partial charge in [0.2, 0.25) is 0 Å². The molecule has 2 aromatic rings. The minimum Gasteiger partial charge on any atom is -0.353 e. The minimum absolute atomic E-state index is 0.0196. The highest BCUT2D eigenvalue weighted by Gasteiger charge is 2.14. The normalized spacial score (nSPS) is 23.8. The molecule has 4 heteroatoms. The van der Waals surface area contributed by atoms with E-state index < -0.39 is 0 Å². The van der Waals surface area contributed by atoms with Crippen molar-refractivity contribution in [3.63, 3.8) is 0 Å². The van der Waals surface area contributed by atoms with Crippen molar-refractivity contribution in [3.8, 4) is 0 Å². The Morgan fingerprint density at radius 3 is 1.38 bits per heavy atom. The van der Waals surface area contributed by atoms with Gasteiger partial charge in [0, 0.05) is 18.3 Å². The van der Waals surface area contributed by atoms with E-state index in [1.807, 2.05) is 33.2 Å². The Bertz CT molecular complexity index is 719. The van der Waals surface area contributed by atoms with Gasteiger partial charge < -0.3 is 9.47 Å². The molecule has 34 heavy (non-hydrogen) atoms. The van der Waals surface area contributed by atoms with Crippen LogP contribution in [0.1, 0.15) is 87.0 Å². The second-order valence-electron chi connectivity index (χ2n) is 10.5. The summed E-state index contributed by atoms with van der Waals surface area (Å²) in [5, 5.41) is 0. The Morgan fingerprint density at radius 1 is 0.618 bits per heavy atom. The number of hydrogen-bond acceptors (Lipinski definition) is 4. The van der Waals surface area contributed by atoms with Crippen molar-refractivity contribution in [2.45, 2.75) is 101 Å². The lowest BCUT2D eigenvalue weighted by Crippen LogP contribution is -2.27. The predicted octanol–water partition coefficient (Wildman–Crippen LogP) is 7.86. The maximum absolute atomic E-state index is 5.17. The fourth-order valence-corrected chi connectivity index (χ4v) is 3.83. The van der Waals surface area contributed by atoms with Gasteiger partial charge in [-0.25, -0.2) is 9.97 Å². The van der Waals surface area contributed by atoms with Crippen LogP contribution < -0.4 is 0 Å². The number of aryl methyl sites for hydroxylation is 5. The molecule has 1 saturated heterocycles. The number of benzene rings is 1. The molecule has 0 N–H and O–H groups in total. The van der Waals surface area contributed by atoms with Gasteiger partial charge in [-0.05, 0) is 82.6 Å². The Labute approximate surface area is 209 Å². The maximum Gasteiger partial charge on any atom is 0.154 e. The van der Waals surface area contributed by atoms with Crippen LogP contribution in [-0.2, 0) is 9.47 Å². The number of ether oxygens (including phenoxy) is 2. The van der Waals surface area contributed by atoms with Crippen LogP contribution in [0.15, 0.2) is 24.5 Å². The van der Waals surface area contributed by atoms with Gasteiger partial charge in [0.05, 0.1) is 13.2 Å². The Morgan fingerprint density at radius 2 is 1.03 bits per heavy atom. The van der Waals surface area contributed by atoms with E-state index in [4.69, 9.17) is 9.47 Å². The maximum atomic E-state index is 5.17. The zero-order valence-electron chi connectivity index (χ0n) is 23.6. The van der Waals surface area contributed by atoms with Crippen molar-refractivity contribution >= 4 is 0 Å². The summed E-state index contributed by atoms with van der Waals surface area (Å²) in [6.07, 6.45) is 9.53. The summed E-state index contributed by atoms with van der Waals surface area (Å²) < 4.78 is 10.3. The zero-order valence-corrected chi connectivity index (χ0v) is 23.6. The first-order valence-electron chi connectivity index (χ1n) is 13.0. The monoisotopic (exact) mass is 470 g/mol. The molecular formula is C30H50N2O2. The van der Waals surface area contributed by atoms with Crippen molar-refractivity contribution in [1.29, 1.82) is 0 Å². The van der Waals surface area contributed by atoms with E-state index in [2.05, 4.69) is 70.6 Å². The SMILES string of the molecule is CC1CCC(C)CC1.CC1COC(C)OC1.Cc1cc(C)c(C)c(C)c1.Cc1cnc(C)nc1. The molecule has 4 rings (SSSR count). The first-order chi connectivity index (χ1) is 16.0. The molecule has 1 saturated carbocycles. The Hall–Kier alpha value is -1.78. The molecule has 0 spiro atoms. The highest BCUT2D eigenvalue weighted by atomic mass is 16.7. The molecule has 0 amide bonds. The molecule has 4 nitrogen and oxygen atoms in total. The molecule has 192 valence electrons. The third-order valence-electron chi connectivity index (χ3n) is 6.52. The van der Waals surface area contributed by atoms with Gasteiger partial charge in [-0.15, -0.1) is 0 Å².